The molecule has 0 fully saturated rings. The summed E-state index contributed by atoms with van der Waals surface area (Å²) in [6, 6.07) is 52.6. The third-order valence-electron chi connectivity index (χ3n) is 10.6. The molecule has 0 radical (unpaired) electrons. The molecule has 8 aromatic rings. The Kier molecular flexibility index (Phi) is 5.44. The third-order valence-corrected chi connectivity index (χ3v) is 11.7. The van der Waals surface area contributed by atoms with Gasteiger partial charge in [0.05, 0.1) is 5.69 Å². The first kappa shape index (κ1) is 26.4. The fourth-order valence-corrected chi connectivity index (χ4v) is 9.68. The van der Waals surface area contributed by atoms with E-state index in [-0.39, 0.29) is 0 Å². The largest absolute Gasteiger partial charge is 0.310 e. The van der Waals surface area contributed by atoms with E-state index < -0.39 is 0 Å². The van der Waals surface area contributed by atoms with Gasteiger partial charge in [0.15, 0.2) is 0 Å². The predicted octanol–water partition coefficient (Wildman–Crippen LogP) is 13.4. The van der Waals surface area contributed by atoms with Gasteiger partial charge in [-0.1, -0.05) is 109 Å². The summed E-state index contributed by atoms with van der Waals surface area (Å²) in [5, 5.41) is 2.62. The number of aryl methyl sites for hydroxylation is 1. The van der Waals surface area contributed by atoms with Crippen molar-refractivity contribution in [2.45, 2.75) is 12.8 Å². The molecular weight excluding hydrogens is 599 g/mol. The zero-order valence-electron chi connectivity index (χ0n) is 26.2. The molecule has 224 valence electrons. The van der Waals surface area contributed by atoms with Crippen LogP contribution >= 0.6 is 11.3 Å². The van der Waals surface area contributed by atoms with Crippen LogP contribution in [0.5, 0.6) is 0 Å². The molecule has 11 rings (SSSR count). The zero-order chi connectivity index (χ0) is 31.3. The average molecular weight is 628 g/mol. The lowest BCUT2D eigenvalue weighted by Crippen LogP contribution is -2.11. The average Bonchev–Trinajstić information content (AvgIpc) is 3.48. The second-order valence-corrected chi connectivity index (χ2v) is 14.2. The number of benzene rings is 7. The Morgan fingerprint density at radius 3 is 1.96 bits per heavy atom. The van der Waals surface area contributed by atoms with Gasteiger partial charge in [-0.2, -0.15) is 0 Å². The van der Waals surface area contributed by atoms with Crippen LogP contribution in [0.1, 0.15) is 17.5 Å². The van der Waals surface area contributed by atoms with Crippen LogP contribution in [-0.2, 0) is 6.42 Å². The van der Waals surface area contributed by atoms with Crippen LogP contribution < -0.4 is 4.90 Å². The normalized spacial score (nSPS) is 13.2. The third kappa shape index (κ3) is 3.61. The highest BCUT2D eigenvalue weighted by molar-refractivity contribution is 7.26. The van der Waals surface area contributed by atoms with E-state index in [0.717, 1.165) is 12.8 Å². The summed E-state index contributed by atoms with van der Waals surface area (Å²) in [4.78, 5) is 2.51. The summed E-state index contributed by atoms with van der Waals surface area (Å²) in [5.41, 5.74) is 19.4. The van der Waals surface area contributed by atoms with Crippen molar-refractivity contribution in [2.24, 2.45) is 0 Å². The van der Waals surface area contributed by atoms with E-state index >= 15 is 0 Å². The summed E-state index contributed by atoms with van der Waals surface area (Å²) in [5.74, 6) is 0. The van der Waals surface area contributed by atoms with Crippen molar-refractivity contribution < 1.29 is 0 Å². The fourth-order valence-electron chi connectivity index (χ4n) is 8.55. The minimum Gasteiger partial charge on any atom is -0.310 e. The van der Waals surface area contributed by atoms with Crippen molar-refractivity contribution in [1.82, 2.24) is 0 Å². The van der Waals surface area contributed by atoms with Gasteiger partial charge in [0, 0.05) is 31.5 Å². The first-order chi connectivity index (χ1) is 23.8. The Hall–Kier alpha value is -5.70. The van der Waals surface area contributed by atoms with Gasteiger partial charge < -0.3 is 4.90 Å². The van der Waals surface area contributed by atoms with Crippen molar-refractivity contribution in [3.05, 3.63) is 157 Å². The fraction of sp³-hybridized carbons (Fsp3) is 0.0435. The van der Waals surface area contributed by atoms with Crippen LogP contribution in [0.4, 0.5) is 17.1 Å². The minimum atomic E-state index is 1.09. The van der Waals surface area contributed by atoms with Crippen LogP contribution in [0.15, 0.2) is 146 Å². The second-order valence-electron chi connectivity index (χ2n) is 13.1. The summed E-state index contributed by atoms with van der Waals surface area (Å²) >= 11 is 1.88. The predicted molar refractivity (Wildman–Crippen MR) is 206 cm³/mol. The van der Waals surface area contributed by atoms with Gasteiger partial charge in [0.2, 0.25) is 0 Å². The second kappa shape index (κ2) is 9.90. The van der Waals surface area contributed by atoms with E-state index in [2.05, 4.69) is 157 Å². The first-order valence-electron chi connectivity index (χ1n) is 16.8. The highest BCUT2D eigenvalue weighted by atomic mass is 32.1. The molecule has 1 nitrogen and oxygen atoms in total. The highest BCUT2D eigenvalue weighted by Crippen LogP contribution is 2.58. The molecule has 1 aromatic heterocycles. The van der Waals surface area contributed by atoms with Crippen LogP contribution in [-0.4, -0.2) is 0 Å². The van der Waals surface area contributed by atoms with E-state index in [1.165, 1.54) is 104 Å². The number of anilines is 3. The number of fused-ring (bicyclic) bond motifs is 8. The number of nitrogens with zero attached hydrogens (tertiary/aromatic N) is 1. The maximum absolute atomic E-state index is 2.51. The number of rotatable bonds is 3. The first-order valence-corrected chi connectivity index (χ1v) is 17.6. The molecule has 0 spiro atoms. The number of hydrogen-bond donors (Lipinski definition) is 0. The number of thiophene rings is 1. The molecular formula is C46H29NS. The van der Waals surface area contributed by atoms with Gasteiger partial charge >= 0.3 is 0 Å². The molecule has 0 saturated carbocycles. The number of hydrogen-bond acceptors (Lipinski definition) is 2. The summed E-state index contributed by atoms with van der Waals surface area (Å²) in [6.07, 6.45) is 6.82. The molecule has 0 amide bonds. The lowest BCUT2D eigenvalue weighted by molar-refractivity contribution is 0.985. The molecule has 6 bridgehead atoms. The van der Waals surface area contributed by atoms with Crippen molar-refractivity contribution in [2.75, 3.05) is 4.90 Å². The van der Waals surface area contributed by atoms with E-state index in [1.54, 1.807) is 0 Å². The molecule has 0 unspecified atom stereocenters. The SMILES string of the molecule is C1=Cc2cc(N(c3ccc4c(c3)-c3c5cccc3-c3cccc-4c3-c3ccccc3-5)c3cccc4sc5ccccc5c34)ccc2CC1. The lowest BCUT2D eigenvalue weighted by atomic mass is 9.83. The van der Waals surface area contributed by atoms with Crippen LogP contribution in [0, 0.1) is 0 Å². The molecule has 3 aliphatic rings. The Labute approximate surface area is 283 Å². The monoisotopic (exact) mass is 627 g/mol. The van der Waals surface area contributed by atoms with Gasteiger partial charge in [-0.25, -0.2) is 0 Å². The number of allylic oxidation sites excluding steroid dienone is 1. The van der Waals surface area contributed by atoms with Crippen LogP contribution in [0.2, 0.25) is 0 Å². The molecule has 1 heterocycles. The highest BCUT2D eigenvalue weighted by Gasteiger charge is 2.31. The molecule has 0 aliphatic heterocycles. The lowest BCUT2D eigenvalue weighted by Gasteiger charge is -2.29. The van der Waals surface area contributed by atoms with Crippen molar-refractivity contribution in [1.29, 1.82) is 0 Å². The molecule has 2 heteroatoms. The van der Waals surface area contributed by atoms with Gasteiger partial charge in [-0.15, -0.1) is 11.3 Å². The maximum atomic E-state index is 2.51. The van der Waals surface area contributed by atoms with Gasteiger partial charge in [-0.3, -0.25) is 0 Å². The van der Waals surface area contributed by atoms with Gasteiger partial charge in [-0.05, 0) is 122 Å². The van der Waals surface area contributed by atoms with Crippen LogP contribution in [0.3, 0.4) is 0 Å². The van der Waals surface area contributed by atoms with Gasteiger partial charge in [0.25, 0.3) is 0 Å². The minimum absolute atomic E-state index is 1.09. The molecule has 3 aliphatic carbocycles. The molecule has 48 heavy (non-hydrogen) atoms. The summed E-state index contributed by atoms with van der Waals surface area (Å²) in [7, 11) is 0. The van der Waals surface area contributed by atoms with Crippen molar-refractivity contribution >= 4 is 54.6 Å². The van der Waals surface area contributed by atoms with E-state index in [1.807, 2.05) is 11.3 Å². The molecule has 0 N–H and O–H groups in total. The van der Waals surface area contributed by atoms with Crippen molar-refractivity contribution in [3.63, 3.8) is 0 Å². The Balaban J connectivity index is 1.23. The topological polar surface area (TPSA) is 3.24 Å². The van der Waals surface area contributed by atoms with Crippen molar-refractivity contribution in [3.8, 4) is 55.6 Å². The van der Waals surface area contributed by atoms with E-state index in [4.69, 9.17) is 0 Å². The van der Waals surface area contributed by atoms with E-state index in [0.29, 0.717) is 0 Å². The Morgan fingerprint density at radius 1 is 0.479 bits per heavy atom. The zero-order valence-corrected chi connectivity index (χ0v) is 27.0. The van der Waals surface area contributed by atoms with E-state index in [9.17, 15) is 0 Å². The molecule has 7 aromatic carbocycles. The molecule has 0 atom stereocenters. The molecule has 0 saturated heterocycles. The standard InChI is InChI=1S/C46H29NS/c1-2-11-29-26-30(23-22-28(29)10-1)47(41-19-9-21-43-46(41)39-14-5-6-20-42(39)48-43)31-24-25-33-36-16-8-17-37-38-18-7-15-35(45(38)40(33)27-31)32-12-3-4-13-34(32)44(36)37/h2-9,11-27H,1,10H2. The maximum Gasteiger partial charge on any atom is 0.0554 e. The quantitative estimate of drug-likeness (QED) is 0.188. The Morgan fingerprint density at radius 2 is 1.10 bits per heavy atom. The van der Waals surface area contributed by atoms with Crippen LogP contribution in [0.25, 0.3) is 81.9 Å². The summed E-state index contributed by atoms with van der Waals surface area (Å²) in [6.45, 7) is 0. The summed E-state index contributed by atoms with van der Waals surface area (Å²) < 4.78 is 2.63. The Bertz CT molecular complexity index is 2670. The smallest absolute Gasteiger partial charge is 0.0554 e. The van der Waals surface area contributed by atoms with Gasteiger partial charge in [0.1, 0.15) is 0 Å².